The highest BCUT2D eigenvalue weighted by molar-refractivity contribution is 6.33. The number of rotatable bonds is 7. The van der Waals surface area contributed by atoms with E-state index < -0.39 is 0 Å². The predicted octanol–water partition coefficient (Wildman–Crippen LogP) is 4.78. The van der Waals surface area contributed by atoms with Crippen molar-refractivity contribution in [3.05, 3.63) is 65.2 Å². The van der Waals surface area contributed by atoms with Gasteiger partial charge in [-0.2, -0.15) is 0 Å². The fraction of sp³-hybridized carbons (Fsp3) is 0.200. The summed E-state index contributed by atoms with van der Waals surface area (Å²) >= 11 is 6.35. The minimum Gasteiger partial charge on any atom is -0.368 e. The number of hydrogen-bond donors (Lipinski definition) is 2. The molecule has 0 aliphatic rings. The van der Waals surface area contributed by atoms with Crippen molar-refractivity contribution < 1.29 is 9.18 Å². The van der Waals surface area contributed by atoms with Crippen LogP contribution in [0.15, 0.2) is 48.8 Å². The molecule has 0 aliphatic heterocycles. The van der Waals surface area contributed by atoms with Gasteiger partial charge in [0.05, 0.1) is 5.02 Å². The number of hydrogen-bond acceptors (Lipinski definition) is 3. The Balaban J connectivity index is 1.98. The Morgan fingerprint density at radius 1 is 1.30 bits per heavy atom. The highest BCUT2D eigenvalue weighted by atomic mass is 35.5. The van der Waals surface area contributed by atoms with Crippen LogP contribution in [0.4, 0.5) is 16.0 Å². The maximum absolute atomic E-state index is 13.5. The van der Waals surface area contributed by atoms with Crippen LogP contribution in [0.25, 0.3) is 11.1 Å². The number of halogens is 2. The quantitative estimate of drug-likeness (QED) is 0.574. The Morgan fingerprint density at radius 2 is 2.11 bits per heavy atom. The molecule has 0 saturated carbocycles. The lowest BCUT2D eigenvalue weighted by atomic mass is 10.1. The summed E-state index contributed by atoms with van der Waals surface area (Å²) in [5.41, 5.74) is 2.41. The summed E-state index contributed by atoms with van der Waals surface area (Å²) in [5.74, 6) is 1.01. The number of benzene rings is 1. The zero-order chi connectivity index (χ0) is 19.4. The maximum atomic E-state index is 13.5. The summed E-state index contributed by atoms with van der Waals surface area (Å²) < 4.78 is 15.3. The van der Waals surface area contributed by atoms with Crippen molar-refractivity contribution in [3.63, 3.8) is 0 Å². The molecule has 3 rings (SSSR count). The summed E-state index contributed by atoms with van der Waals surface area (Å²) in [5, 5.41) is 6.43. The van der Waals surface area contributed by atoms with Gasteiger partial charge in [-0.05, 0) is 43.7 Å². The first-order valence-electron chi connectivity index (χ1n) is 8.53. The fourth-order valence-electron chi connectivity index (χ4n) is 2.83. The molecule has 0 unspecified atom stereocenters. The van der Waals surface area contributed by atoms with Crippen LogP contribution in [0, 0.1) is 5.82 Å². The molecule has 0 fully saturated rings. The summed E-state index contributed by atoms with van der Waals surface area (Å²) in [6.45, 7) is 4.46. The Labute approximate surface area is 162 Å². The van der Waals surface area contributed by atoms with Crippen molar-refractivity contribution in [1.82, 2.24) is 9.55 Å². The van der Waals surface area contributed by atoms with Gasteiger partial charge in [-0.15, -0.1) is 0 Å². The van der Waals surface area contributed by atoms with E-state index in [9.17, 15) is 9.18 Å². The molecule has 5 nitrogen and oxygen atoms in total. The second-order valence-corrected chi connectivity index (χ2v) is 6.89. The molecule has 2 heterocycles. The monoisotopic (exact) mass is 386 g/mol. The van der Waals surface area contributed by atoms with Crippen molar-refractivity contribution >= 4 is 29.6 Å². The Hall–Kier alpha value is -2.86. The normalized spacial score (nSPS) is 10.9. The lowest BCUT2D eigenvalue weighted by Crippen LogP contribution is -2.10. The largest absolute Gasteiger partial charge is 0.368 e. The molecule has 0 aliphatic carbocycles. The van der Waals surface area contributed by atoms with Crippen molar-refractivity contribution in [2.24, 2.45) is 0 Å². The third kappa shape index (κ3) is 4.65. The van der Waals surface area contributed by atoms with Gasteiger partial charge in [0.15, 0.2) is 0 Å². The van der Waals surface area contributed by atoms with E-state index in [0.717, 1.165) is 16.7 Å². The average Bonchev–Trinajstić information content (AvgIpc) is 2.99. The molecule has 0 spiro atoms. The minimum atomic E-state index is -0.300. The summed E-state index contributed by atoms with van der Waals surface area (Å²) in [6, 6.07) is 10.3. The van der Waals surface area contributed by atoms with Gasteiger partial charge < -0.3 is 15.2 Å². The maximum Gasteiger partial charge on any atom is 0.212 e. The second kappa shape index (κ2) is 8.22. The number of carbonyl (C=O) groups is 1. The third-order valence-electron chi connectivity index (χ3n) is 3.95. The van der Waals surface area contributed by atoms with E-state index in [0.29, 0.717) is 29.6 Å². The van der Waals surface area contributed by atoms with Gasteiger partial charge in [-0.1, -0.05) is 23.7 Å². The van der Waals surface area contributed by atoms with E-state index in [1.807, 2.05) is 42.8 Å². The van der Waals surface area contributed by atoms with Gasteiger partial charge in [0, 0.05) is 36.1 Å². The van der Waals surface area contributed by atoms with Crippen molar-refractivity contribution in [3.8, 4) is 11.1 Å². The molecule has 27 heavy (non-hydrogen) atoms. The first kappa shape index (κ1) is 18.9. The number of anilines is 2. The van der Waals surface area contributed by atoms with Crippen LogP contribution in [0.1, 0.15) is 19.4 Å². The molecule has 2 N–H and O–H groups in total. The van der Waals surface area contributed by atoms with Gasteiger partial charge in [0.2, 0.25) is 6.41 Å². The van der Waals surface area contributed by atoms with Crippen LogP contribution < -0.4 is 10.6 Å². The lowest BCUT2D eigenvalue weighted by Gasteiger charge is -2.11. The first-order chi connectivity index (χ1) is 13.0. The number of nitrogens with zero attached hydrogens (tertiary/aromatic N) is 2. The van der Waals surface area contributed by atoms with E-state index in [1.54, 1.807) is 12.3 Å². The summed E-state index contributed by atoms with van der Waals surface area (Å²) in [4.78, 5) is 15.3. The predicted molar refractivity (Wildman–Crippen MR) is 107 cm³/mol. The molecular formula is C20H20ClFN4O. The molecule has 7 heteroatoms. The standard InChI is InChI=1S/C20H20ClFN4O/c1-13(2)25-19-8-17(18(21)9-23-19)15-7-20(24-12-27)26(11-15)10-14-4-3-5-16(22)6-14/h3-9,11-13H,10H2,1-2H3,(H,23,25)(H,24,27). The molecule has 0 saturated heterocycles. The zero-order valence-electron chi connectivity index (χ0n) is 15.0. The second-order valence-electron chi connectivity index (χ2n) is 6.48. The highest BCUT2D eigenvalue weighted by Crippen LogP contribution is 2.32. The first-order valence-corrected chi connectivity index (χ1v) is 8.91. The van der Waals surface area contributed by atoms with Crippen molar-refractivity contribution in [2.45, 2.75) is 26.4 Å². The molecule has 2 aromatic heterocycles. The highest BCUT2D eigenvalue weighted by Gasteiger charge is 2.13. The molecule has 0 bridgehead atoms. The summed E-state index contributed by atoms with van der Waals surface area (Å²) in [7, 11) is 0. The SMILES string of the molecule is CC(C)Nc1cc(-c2cc(NC=O)n(Cc3cccc(F)c3)c2)c(Cl)cn1. The Bertz CT molecular complexity index is 955. The van der Waals surface area contributed by atoms with Gasteiger partial charge in [0.1, 0.15) is 17.5 Å². The van der Waals surface area contributed by atoms with Crippen LogP contribution >= 0.6 is 11.6 Å². The molecule has 0 radical (unpaired) electrons. The van der Waals surface area contributed by atoms with E-state index >= 15 is 0 Å². The molecular weight excluding hydrogens is 367 g/mol. The number of aromatic nitrogens is 2. The fourth-order valence-corrected chi connectivity index (χ4v) is 3.05. The average molecular weight is 387 g/mol. The zero-order valence-corrected chi connectivity index (χ0v) is 15.8. The van der Waals surface area contributed by atoms with Crippen LogP contribution in [0.5, 0.6) is 0 Å². The topological polar surface area (TPSA) is 58.9 Å². The van der Waals surface area contributed by atoms with E-state index in [1.165, 1.54) is 12.1 Å². The summed E-state index contributed by atoms with van der Waals surface area (Å²) in [6.07, 6.45) is 4.08. The molecule has 3 aromatic rings. The number of pyridine rings is 1. The molecule has 0 atom stereocenters. The number of nitrogens with one attached hydrogen (secondary N) is 2. The van der Waals surface area contributed by atoms with E-state index in [2.05, 4.69) is 15.6 Å². The Kier molecular flexibility index (Phi) is 5.76. The van der Waals surface area contributed by atoms with Crippen LogP contribution in [0.2, 0.25) is 5.02 Å². The van der Waals surface area contributed by atoms with Crippen molar-refractivity contribution in [1.29, 1.82) is 0 Å². The van der Waals surface area contributed by atoms with Crippen LogP contribution in [0.3, 0.4) is 0 Å². The van der Waals surface area contributed by atoms with Crippen LogP contribution in [-0.4, -0.2) is 22.0 Å². The van der Waals surface area contributed by atoms with Gasteiger partial charge in [-0.25, -0.2) is 9.37 Å². The Morgan fingerprint density at radius 3 is 2.81 bits per heavy atom. The molecule has 140 valence electrons. The lowest BCUT2D eigenvalue weighted by molar-refractivity contribution is -0.105. The van der Waals surface area contributed by atoms with E-state index in [-0.39, 0.29) is 11.9 Å². The minimum absolute atomic E-state index is 0.233. The molecule has 1 amide bonds. The molecule has 1 aromatic carbocycles. The van der Waals surface area contributed by atoms with Gasteiger partial charge >= 0.3 is 0 Å². The van der Waals surface area contributed by atoms with Crippen LogP contribution in [-0.2, 0) is 11.3 Å². The number of carbonyl (C=O) groups excluding carboxylic acids is 1. The van der Waals surface area contributed by atoms with E-state index in [4.69, 9.17) is 11.6 Å². The third-order valence-corrected chi connectivity index (χ3v) is 4.25. The number of amides is 1. The van der Waals surface area contributed by atoms with Crippen molar-refractivity contribution in [2.75, 3.05) is 10.6 Å². The van der Waals surface area contributed by atoms with Gasteiger partial charge in [-0.3, -0.25) is 4.79 Å². The smallest absolute Gasteiger partial charge is 0.212 e. The van der Waals surface area contributed by atoms with Gasteiger partial charge in [0.25, 0.3) is 0 Å².